The molecule has 5 nitrogen and oxygen atoms in total. The summed E-state index contributed by atoms with van der Waals surface area (Å²) >= 11 is 0. The minimum Gasteiger partial charge on any atom is -0.480 e. The first-order valence-corrected chi connectivity index (χ1v) is 5.21. The molecule has 0 bridgehead atoms. The Morgan fingerprint density at radius 1 is 1.53 bits per heavy atom. The summed E-state index contributed by atoms with van der Waals surface area (Å²) in [6.07, 6.45) is 3.30. The molecule has 86 valence electrons. The van der Waals surface area contributed by atoms with Gasteiger partial charge in [0.2, 0.25) is 5.91 Å². The molecule has 0 radical (unpaired) electrons. The summed E-state index contributed by atoms with van der Waals surface area (Å²) < 4.78 is 5.43. The van der Waals surface area contributed by atoms with E-state index in [1.807, 2.05) is 0 Å². The van der Waals surface area contributed by atoms with Gasteiger partial charge in [0.15, 0.2) is 0 Å². The maximum Gasteiger partial charge on any atom is 0.326 e. The molecule has 2 unspecified atom stereocenters. The van der Waals surface area contributed by atoms with Crippen LogP contribution in [0, 0.1) is 0 Å². The van der Waals surface area contributed by atoms with Gasteiger partial charge in [-0.1, -0.05) is 0 Å². The molecular formula is C10H17NO4. The number of rotatable bonds is 4. The fraction of sp³-hybridized carbons (Fsp3) is 0.800. The Kier molecular flexibility index (Phi) is 4.55. The zero-order chi connectivity index (χ0) is 11.3. The van der Waals surface area contributed by atoms with Crippen molar-refractivity contribution in [1.29, 1.82) is 0 Å². The van der Waals surface area contributed by atoms with Crippen molar-refractivity contribution in [3.8, 4) is 0 Å². The van der Waals surface area contributed by atoms with E-state index < -0.39 is 12.0 Å². The van der Waals surface area contributed by atoms with Crippen molar-refractivity contribution in [3.63, 3.8) is 0 Å². The molecule has 1 rings (SSSR count). The van der Waals surface area contributed by atoms with Crippen LogP contribution in [-0.2, 0) is 14.3 Å². The van der Waals surface area contributed by atoms with Crippen LogP contribution >= 0.6 is 0 Å². The number of nitrogens with one attached hydrogen (secondary N) is 1. The van der Waals surface area contributed by atoms with E-state index in [2.05, 4.69) is 5.32 Å². The average molecular weight is 215 g/mol. The first-order chi connectivity index (χ1) is 7.09. The van der Waals surface area contributed by atoms with Gasteiger partial charge in [0.05, 0.1) is 6.10 Å². The first kappa shape index (κ1) is 12.0. The van der Waals surface area contributed by atoms with Crippen LogP contribution in [-0.4, -0.2) is 35.7 Å². The van der Waals surface area contributed by atoms with Crippen LogP contribution in [0.2, 0.25) is 0 Å². The van der Waals surface area contributed by atoms with Crippen LogP contribution in [0.4, 0.5) is 0 Å². The summed E-state index contributed by atoms with van der Waals surface area (Å²) in [4.78, 5) is 21.6. The van der Waals surface area contributed by atoms with Gasteiger partial charge in [-0.05, 0) is 19.3 Å². The van der Waals surface area contributed by atoms with E-state index >= 15 is 0 Å². The highest BCUT2D eigenvalue weighted by atomic mass is 16.5. The highest BCUT2D eigenvalue weighted by Gasteiger charge is 2.24. The van der Waals surface area contributed by atoms with Crippen molar-refractivity contribution >= 4 is 11.9 Å². The molecule has 1 amide bonds. The SMILES string of the molecule is CC(=O)NC(CC1CCCCO1)C(=O)O. The average Bonchev–Trinajstić information content (AvgIpc) is 2.17. The molecule has 5 heteroatoms. The molecule has 0 aromatic carbocycles. The summed E-state index contributed by atoms with van der Waals surface area (Å²) in [6, 6.07) is -0.828. The van der Waals surface area contributed by atoms with Crippen LogP contribution in [0.5, 0.6) is 0 Å². The number of amides is 1. The third kappa shape index (κ3) is 4.29. The van der Waals surface area contributed by atoms with Crippen molar-refractivity contribution in [1.82, 2.24) is 5.32 Å². The zero-order valence-corrected chi connectivity index (χ0v) is 8.86. The molecule has 0 spiro atoms. The lowest BCUT2D eigenvalue weighted by atomic mass is 10.0. The van der Waals surface area contributed by atoms with Gasteiger partial charge in [0, 0.05) is 20.0 Å². The number of carbonyl (C=O) groups excluding carboxylic acids is 1. The fourth-order valence-electron chi connectivity index (χ4n) is 1.72. The van der Waals surface area contributed by atoms with Gasteiger partial charge >= 0.3 is 5.97 Å². The van der Waals surface area contributed by atoms with Gasteiger partial charge in [0.1, 0.15) is 6.04 Å². The maximum atomic E-state index is 10.8. The topological polar surface area (TPSA) is 75.6 Å². The molecule has 2 N–H and O–H groups in total. The lowest BCUT2D eigenvalue weighted by Crippen LogP contribution is -2.42. The van der Waals surface area contributed by atoms with Gasteiger partial charge in [-0.25, -0.2) is 4.79 Å². The lowest BCUT2D eigenvalue weighted by molar-refractivity contribution is -0.143. The quantitative estimate of drug-likeness (QED) is 0.717. The van der Waals surface area contributed by atoms with Gasteiger partial charge in [-0.2, -0.15) is 0 Å². The maximum absolute atomic E-state index is 10.8. The third-order valence-electron chi connectivity index (χ3n) is 2.45. The number of hydrogen-bond donors (Lipinski definition) is 2. The van der Waals surface area contributed by atoms with Crippen LogP contribution in [0.1, 0.15) is 32.6 Å². The molecule has 1 fully saturated rings. The van der Waals surface area contributed by atoms with Crippen molar-refractivity contribution in [3.05, 3.63) is 0 Å². The Bertz CT molecular complexity index is 236. The van der Waals surface area contributed by atoms with Gasteiger partial charge in [-0.3, -0.25) is 4.79 Å². The second-order valence-electron chi connectivity index (χ2n) is 3.82. The standard InChI is InChI=1S/C10H17NO4/c1-7(12)11-9(10(13)14)6-8-4-2-3-5-15-8/h8-9H,2-6H2,1H3,(H,11,12)(H,13,14). The predicted molar refractivity (Wildman–Crippen MR) is 53.4 cm³/mol. The molecule has 0 aliphatic carbocycles. The summed E-state index contributed by atoms with van der Waals surface area (Å²) in [7, 11) is 0. The van der Waals surface area contributed by atoms with E-state index in [-0.39, 0.29) is 12.0 Å². The highest BCUT2D eigenvalue weighted by molar-refractivity contribution is 5.82. The van der Waals surface area contributed by atoms with Gasteiger partial charge in [-0.15, -0.1) is 0 Å². The fourth-order valence-corrected chi connectivity index (χ4v) is 1.72. The highest BCUT2D eigenvalue weighted by Crippen LogP contribution is 2.17. The molecule has 1 heterocycles. The van der Waals surface area contributed by atoms with Crippen molar-refractivity contribution in [2.75, 3.05) is 6.61 Å². The Labute approximate surface area is 88.8 Å². The number of hydrogen-bond acceptors (Lipinski definition) is 3. The molecule has 15 heavy (non-hydrogen) atoms. The summed E-state index contributed by atoms with van der Waals surface area (Å²) in [6.45, 7) is 2.01. The predicted octanol–water partition coefficient (Wildman–Crippen LogP) is 0.535. The van der Waals surface area contributed by atoms with Crippen molar-refractivity contribution < 1.29 is 19.4 Å². The van der Waals surface area contributed by atoms with Gasteiger partial charge in [0.25, 0.3) is 0 Å². The summed E-state index contributed by atoms with van der Waals surface area (Å²) in [5.74, 6) is -1.32. The lowest BCUT2D eigenvalue weighted by Gasteiger charge is -2.25. The molecule has 0 saturated carbocycles. The van der Waals surface area contributed by atoms with E-state index in [1.54, 1.807) is 0 Å². The normalized spacial score (nSPS) is 23.1. The van der Waals surface area contributed by atoms with E-state index in [1.165, 1.54) is 6.92 Å². The minimum absolute atomic E-state index is 0.0355. The van der Waals surface area contributed by atoms with E-state index in [0.717, 1.165) is 19.3 Å². The second-order valence-corrected chi connectivity index (χ2v) is 3.82. The largest absolute Gasteiger partial charge is 0.480 e. The third-order valence-corrected chi connectivity index (χ3v) is 2.45. The molecule has 0 aromatic heterocycles. The van der Waals surface area contributed by atoms with Crippen molar-refractivity contribution in [2.45, 2.75) is 44.8 Å². The Morgan fingerprint density at radius 2 is 2.27 bits per heavy atom. The molecule has 1 saturated heterocycles. The van der Waals surface area contributed by atoms with Crippen LogP contribution in [0.25, 0.3) is 0 Å². The van der Waals surface area contributed by atoms with Gasteiger partial charge < -0.3 is 15.2 Å². The molecule has 1 aliphatic heterocycles. The second kappa shape index (κ2) is 5.70. The van der Waals surface area contributed by atoms with E-state index in [0.29, 0.717) is 13.0 Å². The molecule has 0 aromatic rings. The number of carboxylic acid groups (broad SMARTS) is 1. The van der Waals surface area contributed by atoms with Crippen LogP contribution in [0.3, 0.4) is 0 Å². The number of aliphatic carboxylic acids is 1. The number of carboxylic acids is 1. The van der Waals surface area contributed by atoms with Crippen LogP contribution < -0.4 is 5.32 Å². The molecule has 2 atom stereocenters. The summed E-state index contributed by atoms with van der Waals surface area (Å²) in [5.41, 5.74) is 0. The summed E-state index contributed by atoms with van der Waals surface area (Å²) in [5, 5.41) is 11.3. The molecular weight excluding hydrogens is 198 g/mol. The smallest absolute Gasteiger partial charge is 0.326 e. The first-order valence-electron chi connectivity index (χ1n) is 5.21. The zero-order valence-electron chi connectivity index (χ0n) is 8.86. The Balaban J connectivity index is 2.42. The van der Waals surface area contributed by atoms with Crippen LogP contribution in [0.15, 0.2) is 0 Å². The Hall–Kier alpha value is -1.10. The number of ether oxygens (including phenoxy) is 1. The van der Waals surface area contributed by atoms with E-state index in [4.69, 9.17) is 9.84 Å². The van der Waals surface area contributed by atoms with Crippen molar-refractivity contribution in [2.24, 2.45) is 0 Å². The van der Waals surface area contributed by atoms with E-state index in [9.17, 15) is 9.59 Å². The minimum atomic E-state index is -1.00. The Morgan fingerprint density at radius 3 is 2.73 bits per heavy atom. The number of carbonyl (C=O) groups is 2. The monoisotopic (exact) mass is 215 g/mol. The molecule has 1 aliphatic rings.